The van der Waals surface area contributed by atoms with E-state index < -0.39 is 0 Å². The van der Waals surface area contributed by atoms with Crippen LogP contribution in [0.25, 0.3) is 0 Å². The van der Waals surface area contributed by atoms with Gasteiger partial charge in [-0.05, 0) is 36.2 Å². The van der Waals surface area contributed by atoms with Gasteiger partial charge in [-0.2, -0.15) is 0 Å². The minimum atomic E-state index is -0.107. The minimum absolute atomic E-state index is 0.107. The Labute approximate surface area is 140 Å². The van der Waals surface area contributed by atoms with E-state index in [9.17, 15) is 4.79 Å². The summed E-state index contributed by atoms with van der Waals surface area (Å²) in [4.78, 5) is 12.0. The maximum absolute atomic E-state index is 12.0. The van der Waals surface area contributed by atoms with Crippen molar-refractivity contribution < 1.29 is 19.0 Å². The average Bonchev–Trinajstić information content (AvgIpc) is 2.55. The number of rotatable bonds is 7. The van der Waals surface area contributed by atoms with Gasteiger partial charge in [0.25, 0.3) is 0 Å². The van der Waals surface area contributed by atoms with Crippen molar-refractivity contribution in [2.75, 3.05) is 14.2 Å². The summed E-state index contributed by atoms with van der Waals surface area (Å²) in [5.41, 5.74) is 2.18. The number of methoxy groups -OCH3 is 2. The summed E-state index contributed by atoms with van der Waals surface area (Å²) in [6.45, 7) is 2.12. The molecule has 0 fully saturated rings. The van der Waals surface area contributed by atoms with Crippen molar-refractivity contribution in [2.45, 2.75) is 20.1 Å². The fourth-order valence-corrected chi connectivity index (χ4v) is 2.49. The van der Waals surface area contributed by atoms with Crippen LogP contribution in [0.5, 0.6) is 11.5 Å². The molecule has 0 saturated carbocycles. The summed E-state index contributed by atoms with van der Waals surface area (Å²) in [6.07, 6.45) is 0. The molecule has 122 valence electrons. The molecule has 0 atom stereocenters. The van der Waals surface area contributed by atoms with E-state index in [1.807, 2.05) is 24.3 Å². The zero-order valence-electron chi connectivity index (χ0n) is 13.4. The minimum Gasteiger partial charge on any atom is -0.497 e. The molecule has 0 unspecified atom stereocenters. The fraction of sp³-hybridized carbons (Fsp3) is 0.278. The first-order valence-electron chi connectivity index (χ1n) is 7.13. The highest BCUT2D eigenvalue weighted by Gasteiger charge is 2.18. The van der Waals surface area contributed by atoms with E-state index in [1.54, 1.807) is 26.4 Å². The highest BCUT2D eigenvalue weighted by molar-refractivity contribution is 6.32. The Balaban J connectivity index is 2.26. The van der Waals surface area contributed by atoms with Gasteiger partial charge in [0.2, 0.25) is 0 Å². The standard InChI is InChI=1S/C18H19ClO4/c1-12(20)17-14(11-21-2)6-9-16(19)18(17)23-10-13-4-7-15(22-3)8-5-13/h4-9H,10-11H2,1-3H3. The van der Waals surface area contributed by atoms with Gasteiger partial charge in [0.05, 0.1) is 24.3 Å². The van der Waals surface area contributed by atoms with Crippen LogP contribution in [-0.4, -0.2) is 20.0 Å². The molecular formula is C18H19ClO4. The van der Waals surface area contributed by atoms with Crippen molar-refractivity contribution in [2.24, 2.45) is 0 Å². The van der Waals surface area contributed by atoms with Crippen LogP contribution in [0.1, 0.15) is 28.4 Å². The number of ketones is 1. The maximum atomic E-state index is 12.0. The van der Waals surface area contributed by atoms with Crippen LogP contribution >= 0.6 is 11.6 Å². The summed E-state index contributed by atoms with van der Waals surface area (Å²) < 4.78 is 16.1. The second-order valence-corrected chi connectivity index (χ2v) is 5.44. The van der Waals surface area contributed by atoms with E-state index in [0.717, 1.165) is 16.9 Å². The Bertz CT molecular complexity index is 680. The second-order valence-electron chi connectivity index (χ2n) is 5.04. The van der Waals surface area contributed by atoms with Crippen molar-refractivity contribution in [3.8, 4) is 11.5 Å². The number of benzene rings is 2. The Morgan fingerprint density at radius 2 is 1.74 bits per heavy atom. The Morgan fingerprint density at radius 3 is 2.30 bits per heavy atom. The highest BCUT2D eigenvalue weighted by Crippen LogP contribution is 2.33. The molecule has 0 amide bonds. The van der Waals surface area contributed by atoms with Crippen molar-refractivity contribution in [1.29, 1.82) is 0 Å². The molecule has 0 aromatic heterocycles. The SMILES string of the molecule is COCc1ccc(Cl)c(OCc2ccc(OC)cc2)c1C(C)=O. The zero-order valence-corrected chi connectivity index (χ0v) is 14.1. The molecule has 0 aliphatic carbocycles. The molecule has 2 rings (SSSR count). The topological polar surface area (TPSA) is 44.8 Å². The van der Waals surface area contributed by atoms with E-state index in [2.05, 4.69) is 0 Å². The lowest BCUT2D eigenvalue weighted by molar-refractivity contribution is 0.100. The van der Waals surface area contributed by atoms with E-state index in [0.29, 0.717) is 29.5 Å². The first-order chi connectivity index (χ1) is 11.1. The first kappa shape index (κ1) is 17.3. The largest absolute Gasteiger partial charge is 0.497 e. The lowest BCUT2D eigenvalue weighted by atomic mass is 10.0. The van der Waals surface area contributed by atoms with Crippen molar-refractivity contribution in [1.82, 2.24) is 0 Å². The Kier molecular flexibility index (Phi) is 6.02. The van der Waals surface area contributed by atoms with Gasteiger partial charge in [-0.15, -0.1) is 0 Å². The quantitative estimate of drug-likeness (QED) is 0.709. The van der Waals surface area contributed by atoms with Crippen molar-refractivity contribution in [3.63, 3.8) is 0 Å². The van der Waals surface area contributed by atoms with Crippen LogP contribution in [0.3, 0.4) is 0 Å². The molecular weight excluding hydrogens is 316 g/mol. The van der Waals surface area contributed by atoms with Gasteiger partial charge in [0.1, 0.15) is 18.1 Å². The lowest BCUT2D eigenvalue weighted by Gasteiger charge is -2.15. The average molecular weight is 335 g/mol. The molecule has 23 heavy (non-hydrogen) atoms. The summed E-state index contributed by atoms with van der Waals surface area (Å²) in [5, 5.41) is 0.406. The summed E-state index contributed by atoms with van der Waals surface area (Å²) in [5.74, 6) is 1.06. The van der Waals surface area contributed by atoms with Gasteiger partial charge in [0.15, 0.2) is 5.78 Å². The number of carbonyl (C=O) groups is 1. The van der Waals surface area contributed by atoms with Crippen molar-refractivity contribution >= 4 is 17.4 Å². The van der Waals surface area contributed by atoms with E-state index in [1.165, 1.54) is 6.92 Å². The molecule has 4 nitrogen and oxygen atoms in total. The van der Waals surface area contributed by atoms with Crippen LogP contribution in [0.15, 0.2) is 36.4 Å². The van der Waals surface area contributed by atoms with E-state index in [4.69, 9.17) is 25.8 Å². The monoisotopic (exact) mass is 334 g/mol. The molecule has 0 spiro atoms. The van der Waals surface area contributed by atoms with Gasteiger partial charge < -0.3 is 14.2 Å². The van der Waals surface area contributed by atoms with E-state index in [-0.39, 0.29) is 5.78 Å². The van der Waals surface area contributed by atoms with E-state index >= 15 is 0 Å². The summed E-state index contributed by atoms with van der Waals surface area (Å²) in [7, 11) is 3.20. The molecule has 2 aromatic carbocycles. The first-order valence-corrected chi connectivity index (χ1v) is 7.51. The smallest absolute Gasteiger partial charge is 0.163 e. The van der Waals surface area contributed by atoms with Crippen LogP contribution in [0.4, 0.5) is 0 Å². The molecule has 0 aliphatic rings. The number of carbonyl (C=O) groups excluding carboxylic acids is 1. The van der Waals surface area contributed by atoms with Crippen LogP contribution < -0.4 is 9.47 Å². The fourth-order valence-electron chi connectivity index (χ4n) is 2.28. The van der Waals surface area contributed by atoms with Gasteiger partial charge in [-0.25, -0.2) is 0 Å². The number of halogens is 1. The van der Waals surface area contributed by atoms with Gasteiger partial charge in [-0.1, -0.05) is 29.8 Å². The zero-order chi connectivity index (χ0) is 16.8. The third-order valence-corrected chi connectivity index (χ3v) is 3.69. The third-order valence-electron chi connectivity index (χ3n) is 3.39. The molecule has 0 saturated heterocycles. The third kappa shape index (κ3) is 4.24. The number of hydrogen-bond donors (Lipinski definition) is 0. The molecule has 0 N–H and O–H groups in total. The molecule has 0 aliphatic heterocycles. The van der Waals surface area contributed by atoms with Crippen LogP contribution in [0.2, 0.25) is 5.02 Å². The number of hydrogen-bond acceptors (Lipinski definition) is 4. The molecule has 0 radical (unpaired) electrons. The Morgan fingerprint density at radius 1 is 1.04 bits per heavy atom. The highest BCUT2D eigenvalue weighted by atomic mass is 35.5. The predicted octanol–water partition coefficient (Wildman–Crippen LogP) is 4.28. The number of Topliss-reactive ketones (excluding diaryl/α,β-unsaturated/α-hetero) is 1. The van der Waals surface area contributed by atoms with Gasteiger partial charge in [0, 0.05) is 7.11 Å². The molecule has 5 heteroatoms. The summed E-state index contributed by atoms with van der Waals surface area (Å²) in [6, 6.07) is 11.0. The second kappa shape index (κ2) is 7.99. The van der Waals surface area contributed by atoms with Gasteiger partial charge in [-0.3, -0.25) is 4.79 Å². The number of ether oxygens (including phenoxy) is 3. The predicted molar refractivity (Wildman–Crippen MR) is 89.5 cm³/mol. The summed E-state index contributed by atoms with van der Waals surface area (Å²) >= 11 is 6.22. The molecule has 2 aromatic rings. The van der Waals surface area contributed by atoms with Crippen LogP contribution in [0, 0.1) is 0 Å². The van der Waals surface area contributed by atoms with Crippen molar-refractivity contribution in [3.05, 3.63) is 58.1 Å². The van der Waals surface area contributed by atoms with Crippen LogP contribution in [-0.2, 0) is 18.0 Å². The molecule has 0 bridgehead atoms. The van der Waals surface area contributed by atoms with Gasteiger partial charge >= 0.3 is 0 Å². The Hall–Kier alpha value is -2.04. The lowest BCUT2D eigenvalue weighted by Crippen LogP contribution is -2.07. The maximum Gasteiger partial charge on any atom is 0.163 e. The molecule has 0 heterocycles. The normalized spacial score (nSPS) is 10.4.